The van der Waals surface area contributed by atoms with Crippen molar-refractivity contribution in [2.75, 3.05) is 25.1 Å². The second kappa shape index (κ2) is 6.13. The van der Waals surface area contributed by atoms with E-state index in [1.54, 1.807) is 7.11 Å². The number of hydrogen-bond donors (Lipinski definition) is 0. The number of rotatable bonds is 3. The molecule has 118 valence electrons. The highest BCUT2D eigenvalue weighted by Gasteiger charge is 2.25. The molecule has 4 heteroatoms. The summed E-state index contributed by atoms with van der Waals surface area (Å²) in [5.41, 5.74) is 3.18. The zero-order valence-electron chi connectivity index (χ0n) is 13.8. The average molecular weight is 300 g/mol. The van der Waals surface area contributed by atoms with Gasteiger partial charge in [-0.05, 0) is 32.4 Å². The maximum atomic E-state index is 5.99. The number of hydrogen-bond acceptors (Lipinski definition) is 4. The van der Waals surface area contributed by atoms with Crippen LogP contribution in [-0.2, 0) is 4.74 Å². The molecule has 1 aliphatic heterocycles. The molecule has 4 nitrogen and oxygen atoms in total. The van der Waals surface area contributed by atoms with Gasteiger partial charge in [-0.25, -0.2) is 4.98 Å². The van der Waals surface area contributed by atoms with E-state index in [0.29, 0.717) is 0 Å². The van der Waals surface area contributed by atoms with Crippen molar-refractivity contribution in [3.63, 3.8) is 0 Å². The minimum absolute atomic E-state index is 0.243. The molecule has 2 unspecified atom stereocenters. The van der Waals surface area contributed by atoms with E-state index in [-0.39, 0.29) is 12.2 Å². The molecule has 1 aliphatic rings. The normalized spacial score (nSPS) is 22.1. The minimum Gasteiger partial charge on any atom is -0.494 e. The molecule has 22 heavy (non-hydrogen) atoms. The molecular weight excluding hydrogens is 276 g/mol. The van der Waals surface area contributed by atoms with Crippen LogP contribution in [0.2, 0.25) is 0 Å². The zero-order chi connectivity index (χ0) is 15.7. The first-order valence-electron chi connectivity index (χ1n) is 7.97. The molecule has 2 atom stereocenters. The summed E-state index contributed by atoms with van der Waals surface area (Å²) in [6.45, 7) is 8.20. The number of ether oxygens (including phenoxy) is 2. The number of aryl methyl sites for hydroxylation is 1. The number of para-hydroxylation sites is 1. The predicted octanol–water partition coefficient (Wildman–Crippen LogP) is 3.56. The highest BCUT2D eigenvalue weighted by atomic mass is 16.5. The van der Waals surface area contributed by atoms with Gasteiger partial charge in [0.2, 0.25) is 0 Å². The Bertz CT molecular complexity index is 671. The summed E-state index contributed by atoms with van der Waals surface area (Å²) in [6.07, 6.45) is 1.57. The molecule has 2 heterocycles. The second-order valence-electron chi connectivity index (χ2n) is 6.02. The van der Waals surface area contributed by atoms with Crippen molar-refractivity contribution >= 4 is 16.6 Å². The fraction of sp³-hybridized carbons (Fsp3) is 0.500. The first-order valence-corrected chi connectivity index (χ1v) is 7.97. The van der Waals surface area contributed by atoms with Gasteiger partial charge in [0.25, 0.3) is 0 Å². The summed E-state index contributed by atoms with van der Waals surface area (Å²) in [7, 11) is 1.70. The molecule has 1 saturated heterocycles. The lowest BCUT2D eigenvalue weighted by Crippen LogP contribution is -2.46. The van der Waals surface area contributed by atoms with E-state index in [1.807, 2.05) is 19.1 Å². The molecule has 0 saturated carbocycles. The maximum Gasteiger partial charge on any atom is 0.145 e. The Morgan fingerprint density at radius 2 is 2.18 bits per heavy atom. The third-order valence-corrected chi connectivity index (χ3v) is 4.25. The molecule has 0 amide bonds. The van der Waals surface area contributed by atoms with Crippen LogP contribution in [0.25, 0.3) is 10.9 Å². The number of anilines is 1. The van der Waals surface area contributed by atoms with E-state index in [2.05, 4.69) is 35.9 Å². The molecule has 3 rings (SSSR count). The SMILES string of the molecule is CCC1CN(c2cc(C)nc3c(OC)cccc23)CC(C)O1. The van der Waals surface area contributed by atoms with E-state index >= 15 is 0 Å². The first-order chi connectivity index (χ1) is 10.6. The maximum absolute atomic E-state index is 5.99. The van der Waals surface area contributed by atoms with Crippen LogP contribution in [0.5, 0.6) is 5.75 Å². The van der Waals surface area contributed by atoms with Crippen LogP contribution in [0.3, 0.4) is 0 Å². The van der Waals surface area contributed by atoms with Gasteiger partial charge in [0, 0.05) is 29.9 Å². The summed E-state index contributed by atoms with van der Waals surface area (Å²) >= 11 is 0. The number of aromatic nitrogens is 1. The molecular formula is C18H24N2O2. The van der Waals surface area contributed by atoms with Gasteiger partial charge in [-0.3, -0.25) is 0 Å². The van der Waals surface area contributed by atoms with Crippen molar-refractivity contribution in [2.24, 2.45) is 0 Å². The highest BCUT2D eigenvalue weighted by molar-refractivity contribution is 5.95. The third kappa shape index (κ3) is 2.75. The van der Waals surface area contributed by atoms with Crippen LogP contribution >= 0.6 is 0 Å². The molecule has 2 aromatic rings. The lowest BCUT2D eigenvalue weighted by Gasteiger charge is -2.38. The molecule has 1 aromatic carbocycles. The van der Waals surface area contributed by atoms with Crippen LogP contribution in [0, 0.1) is 6.92 Å². The standard InChI is InChI=1S/C18H24N2O2/c1-5-14-11-20(10-13(3)22-14)16-9-12(2)19-18-15(16)7-6-8-17(18)21-4/h6-9,13-14H,5,10-11H2,1-4H3. The zero-order valence-corrected chi connectivity index (χ0v) is 13.8. The van der Waals surface area contributed by atoms with Crippen LogP contribution in [0.15, 0.2) is 24.3 Å². The summed E-state index contributed by atoms with van der Waals surface area (Å²) in [4.78, 5) is 7.11. The first kappa shape index (κ1) is 15.1. The van der Waals surface area contributed by atoms with Crippen molar-refractivity contribution < 1.29 is 9.47 Å². The molecule has 0 spiro atoms. The largest absolute Gasteiger partial charge is 0.494 e. The average Bonchev–Trinajstić information content (AvgIpc) is 2.52. The van der Waals surface area contributed by atoms with Crippen LogP contribution in [-0.4, -0.2) is 37.4 Å². The van der Waals surface area contributed by atoms with Crippen molar-refractivity contribution in [1.82, 2.24) is 4.98 Å². The molecule has 0 aliphatic carbocycles. The number of pyridine rings is 1. The Kier molecular flexibility index (Phi) is 4.21. The second-order valence-corrected chi connectivity index (χ2v) is 6.02. The summed E-state index contributed by atoms with van der Waals surface area (Å²) in [6, 6.07) is 8.30. The Morgan fingerprint density at radius 1 is 1.36 bits per heavy atom. The molecule has 0 bridgehead atoms. The van der Waals surface area contributed by atoms with Gasteiger partial charge in [0.1, 0.15) is 11.3 Å². The van der Waals surface area contributed by atoms with Gasteiger partial charge in [-0.1, -0.05) is 19.1 Å². The van der Waals surface area contributed by atoms with Gasteiger partial charge < -0.3 is 14.4 Å². The monoisotopic (exact) mass is 300 g/mol. The Balaban J connectivity index is 2.10. The van der Waals surface area contributed by atoms with E-state index in [0.717, 1.165) is 41.9 Å². The molecule has 1 fully saturated rings. The van der Waals surface area contributed by atoms with Crippen molar-refractivity contribution in [3.8, 4) is 5.75 Å². The summed E-state index contributed by atoms with van der Waals surface area (Å²) in [5, 5.41) is 1.15. The highest BCUT2D eigenvalue weighted by Crippen LogP contribution is 2.33. The molecule has 0 N–H and O–H groups in total. The van der Waals surface area contributed by atoms with Gasteiger partial charge >= 0.3 is 0 Å². The summed E-state index contributed by atoms with van der Waals surface area (Å²) in [5.74, 6) is 0.829. The van der Waals surface area contributed by atoms with Crippen molar-refractivity contribution in [2.45, 2.75) is 39.4 Å². The van der Waals surface area contributed by atoms with Crippen LogP contribution in [0.4, 0.5) is 5.69 Å². The molecule has 1 aromatic heterocycles. The van der Waals surface area contributed by atoms with Crippen molar-refractivity contribution in [3.05, 3.63) is 30.0 Å². The van der Waals surface area contributed by atoms with E-state index in [1.165, 1.54) is 5.69 Å². The lowest BCUT2D eigenvalue weighted by atomic mass is 10.1. The number of nitrogens with zero attached hydrogens (tertiary/aromatic N) is 2. The van der Waals surface area contributed by atoms with Gasteiger partial charge in [-0.15, -0.1) is 0 Å². The summed E-state index contributed by atoms with van der Waals surface area (Å²) < 4.78 is 11.5. The van der Waals surface area contributed by atoms with Gasteiger partial charge in [-0.2, -0.15) is 0 Å². The lowest BCUT2D eigenvalue weighted by molar-refractivity contribution is -0.0171. The predicted molar refractivity (Wildman–Crippen MR) is 89.9 cm³/mol. The van der Waals surface area contributed by atoms with Crippen LogP contribution in [0.1, 0.15) is 26.0 Å². The fourth-order valence-corrected chi connectivity index (χ4v) is 3.22. The van der Waals surface area contributed by atoms with Crippen LogP contribution < -0.4 is 9.64 Å². The topological polar surface area (TPSA) is 34.6 Å². The smallest absolute Gasteiger partial charge is 0.145 e. The van der Waals surface area contributed by atoms with E-state index in [4.69, 9.17) is 9.47 Å². The van der Waals surface area contributed by atoms with Gasteiger partial charge in [0.15, 0.2) is 0 Å². The number of methoxy groups -OCH3 is 1. The van der Waals surface area contributed by atoms with E-state index < -0.39 is 0 Å². The quantitative estimate of drug-likeness (QED) is 0.868. The number of benzene rings is 1. The number of fused-ring (bicyclic) bond motifs is 1. The molecule has 0 radical (unpaired) electrons. The van der Waals surface area contributed by atoms with Crippen molar-refractivity contribution in [1.29, 1.82) is 0 Å². The fourth-order valence-electron chi connectivity index (χ4n) is 3.22. The van der Waals surface area contributed by atoms with Gasteiger partial charge in [0.05, 0.1) is 19.3 Å². The Labute approximate surface area is 132 Å². The Morgan fingerprint density at radius 3 is 2.91 bits per heavy atom. The third-order valence-electron chi connectivity index (χ3n) is 4.25. The minimum atomic E-state index is 0.243. The van der Waals surface area contributed by atoms with E-state index in [9.17, 15) is 0 Å². The Hall–Kier alpha value is -1.81. The number of morpholine rings is 1.